The van der Waals surface area contributed by atoms with Gasteiger partial charge >= 0.3 is 0 Å². The van der Waals surface area contributed by atoms with Crippen molar-refractivity contribution in [3.05, 3.63) is 71.3 Å². The zero-order chi connectivity index (χ0) is 18.9. The van der Waals surface area contributed by atoms with Crippen LogP contribution in [0.3, 0.4) is 0 Å². The van der Waals surface area contributed by atoms with Crippen molar-refractivity contribution < 1.29 is 4.42 Å². The van der Waals surface area contributed by atoms with Gasteiger partial charge in [-0.1, -0.05) is 41.6 Å². The van der Waals surface area contributed by atoms with E-state index in [2.05, 4.69) is 37.1 Å². The zero-order valence-corrected chi connectivity index (χ0v) is 16.4. The molecule has 0 unspecified atom stereocenters. The van der Waals surface area contributed by atoms with Crippen molar-refractivity contribution in [2.75, 3.05) is 0 Å². The molecule has 0 radical (unpaired) electrons. The summed E-state index contributed by atoms with van der Waals surface area (Å²) >= 11 is 7.47. The molecule has 0 aliphatic heterocycles. The predicted octanol–water partition coefficient (Wildman–Crippen LogP) is 5.14. The number of rotatable bonds is 6. The van der Waals surface area contributed by atoms with Crippen molar-refractivity contribution in [3.8, 4) is 17.1 Å². The summed E-state index contributed by atoms with van der Waals surface area (Å²) in [4.78, 5) is 0. The van der Waals surface area contributed by atoms with Crippen LogP contribution in [0.1, 0.15) is 30.5 Å². The summed E-state index contributed by atoms with van der Waals surface area (Å²) in [5, 5.41) is 18.7. The molecule has 8 heteroatoms. The van der Waals surface area contributed by atoms with E-state index in [1.54, 1.807) is 23.9 Å². The molecule has 1 aliphatic rings. The first-order valence-corrected chi connectivity index (χ1v) is 10.4. The number of benzene rings is 2. The van der Waals surface area contributed by atoms with E-state index in [4.69, 9.17) is 16.0 Å². The molecule has 6 nitrogen and oxygen atoms in total. The second kappa shape index (κ2) is 7.41. The molecule has 0 amide bonds. The van der Waals surface area contributed by atoms with Crippen LogP contribution in [-0.2, 0) is 5.75 Å². The van der Waals surface area contributed by atoms with E-state index < -0.39 is 0 Å². The van der Waals surface area contributed by atoms with Gasteiger partial charge in [-0.05, 0) is 49.2 Å². The van der Waals surface area contributed by atoms with Crippen molar-refractivity contribution in [2.45, 2.75) is 29.7 Å². The number of hydrogen-bond donors (Lipinski definition) is 0. The molecule has 1 fully saturated rings. The lowest BCUT2D eigenvalue weighted by Gasteiger charge is -2.08. The van der Waals surface area contributed by atoms with Crippen molar-refractivity contribution in [1.82, 2.24) is 25.0 Å². The van der Waals surface area contributed by atoms with Crippen LogP contribution in [0.25, 0.3) is 17.1 Å². The van der Waals surface area contributed by atoms with E-state index >= 15 is 0 Å². The van der Waals surface area contributed by atoms with Gasteiger partial charge in [0.25, 0.3) is 0 Å². The molecular weight excluding hydrogens is 394 g/mol. The minimum absolute atomic E-state index is 0.482. The largest absolute Gasteiger partial charge is 0.420 e. The molecule has 0 atom stereocenters. The molecule has 1 saturated carbocycles. The maximum absolute atomic E-state index is 5.93. The third-order valence-corrected chi connectivity index (χ3v) is 5.66. The molecule has 0 saturated heterocycles. The minimum Gasteiger partial charge on any atom is -0.420 e. The summed E-state index contributed by atoms with van der Waals surface area (Å²) < 4.78 is 7.94. The molecule has 140 valence electrons. The van der Waals surface area contributed by atoms with E-state index in [-0.39, 0.29) is 0 Å². The van der Waals surface area contributed by atoms with E-state index in [9.17, 15) is 0 Å². The molecule has 4 aromatic rings. The summed E-state index contributed by atoms with van der Waals surface area (Å²) in [6, 6.07) is 17.5. The number of aromatic nitrogens is 5. The Morgan fingerprint density at radius 1 is 0.964 bits per heavy atom. The van der Waals surface area contributed by atoms with Gasteiger partial charge in [0.15, 0.2) is 5.16 Å². The Morgan fingerprint density at radius 2 is 1.75 bits per heavy atom. The van der Waals surface area contributed by atoms with Gasteiger partial charge in [0.1, 0.15) is 5.82 Å². The third-order valence-electron chi connectivity index (χ3n) is 4.50. The molecule has 28 heavy (non-hydrogen) atoms. The Kier molecular flexibility index (Phi) is 4.62. The van der Waals surface area contributed by atoms with Crippen LogP contribution in [0.4, 0.5) is 0 Å². The maximum Gasteiger partial charge on any atom is 0.247 e. The van der Waals surface area contributed by atoms with E-state index in [0.29, 0.717) is 28.5 Å². The van der Waals surface area contributed by atoms with E-state index in [1.165, 1.54) is 12.8 Å². The number of halogens is 1. The Bertz CT molecular complexity index is 1090. The topological polar surface area (TPSA) is 69.6 Å². The minimum atomic E-state index is 0.482. The van der Waals surface area contributed by atoms with Gasteiger partial charge in [-0.2, -0.15) is 0 Å². The van der Waals surface area contributed by atoms with E-state index in [1.807, 2.05) is 30.3 Å². The van der Waals surface area contributed by atoms with Crippen molar-refractivity contribution in [3.63, 3.8) is 0 Å². The molecule has 0 spiro atoms. The summed E-state index contributed by atoms with van der Waals surface area (Å²) in [6.45, 7) is 0. The summed E-state index contributed by atoms with van der Waals surface area (Å²) in [5.41, 5.74) is 1.92. The molecule has 2 aromatic carbocycles. The Balaban J connectivity index is 1.37. The lowest BCUT2D eigenvalue weighted by atomic mass is 10.2. The Labute approximate surface area is 171 Å². The molecule has 2 aromatic heterocycles. The van der Waals surface area contributed by atoms with Gasteiger partial charge in [0.2, 0.25) is 11.8 Å². The van der Waals surface area contributed by atoms with Gasteiger partial charge in [-0.15, -0.1) is 20.4 Å². The van der Waals surface area contributed by atoms with Crippen LogP contribution < -0.4 is 0 Å². The van der Waals surface area contributed by atoms with Gasteiger partial charge in [0, 0.05) is 22.2 Å². The monoisotopic (exact) mass is 409 g/mol. The normalized spacial score (nSPS) is 13.8. The summed E-state index contributed by atoms with van der Waals surface area (Å²) in [5.74, 6) is 3.08. The van der Waals surface area contributed by atoms with Crippen LogP contribution in [0.2, 0.25) is 5.02 Å². The molecule has 5 rings (SSSR count). The number of para-hydroxylation sites is 1. The average molecular weight is 410 g/mol. The highest BCUT2D eigenvalue weighted by Gasteiger charge is 2.31. The molecule has 2 heterocycles. The molecule has 0 N–H and O–H groups in total. The second-order valence-corrected chi connectivity index (χ2v) is 7.96. The van der Waals surface area contributed by atoms with Crippen molar-refractivity contribution in [1.29, 1.82) is 0 Å². The molecule has 1 aliphatic carbocycles. The fourth-order valence-electron chi connectivity index (χ4n) is 2.95. The highest BCUT2D eigenvalue weighted by molar-refractivity contribution is 7.98. The standard InChI is InChI=1S/C20H16ClN5OS/c21-15-10-8-14(9-11-15)19-24-22-17(27-19)12-28-20-25-23-18(13-6-7-13)26(20)16-4-2-1-3-5-16/h1-5,8-11,13H,6-7,12H2. The van der Waals surface area contributed by atoms with Gasteiger partial charge in [0.05, 0.1) is 5.75 Å². The van der Waals surface area contributed by atoms with Gasteiger partial charge < -0.3 is 4.42 Å². The van der Waals surface area contributed by atoms with Crippen LogP contribution in [0.5, 0.6) is 0 Å². The molecular formula is C20H16ClN5OS. The Hall–Kier alpha value is -2.64. The first kappa shape index (κ1) is 17.5. The van der Waals surface area contributed by atoms with Crippen molar-refractivity contribution >= 4 is 23.4 Å². The first-order valence-electron chi connectivity index (χ1n) is 9.00. The van der Waals surface area contributed by atoms with Gasteiger partial charge in [-0.25, -0.2) is 0 Å². The predicted molar refractivity (Wildman–Crippen MR) is 108 cm³/mol. The van der Waals surface area contributed by atoms with Crippen LogP contribution in [-0.4, -0.2) is 25.0 Å². The number of thioether (sulfide) groups is 1. The first-order chi connectivity index (χ1) is 13.8. The quantitative estimate of drug-likeness (QED) is 0.410. The second-order valence-electron chi connectivity index (χ2n) is 6.58. The number of nitrogens with zero attached hydrogens (tertiary/aromatic N) is 5. The zero-order valence-electron chi connectivity index (χ0n) is 14.8. The van der Waals surface area contributed by atoms with Crippen LogP contribution in [0.15, 0.2) is 64.2 Å². The maximum atomic E-state index is 5.93. The highest BCUT2D eigenvalue weighted by Crippen LogP contribution is 2.41. The lowest BCUT2D eigenvalue weighted by Crippen LogP contribution is -2.01. The lowest BCUT2D eigenvalue weighted by molar-refractivity contribution is 0.528. The summed E-state index contributed by atoms with van der Waals surface area (Å²) in [6.07, 6.45) is 2.34. The fourth-order valence-corrected chi connectivity index (χ4v) is 3.87. The summed E-state index contributed by atoms with van der Waals surface area (Å²) in [7, 11) is 0. The SMILES string of the molecule is Clc1ccc(-c2nnc(CSc3nnc(C4CC4)n3-c3ccccc3)o2)cc1. The van der Waals surface area contributed by atoms with E-state index in [0.717, 1.165) is 22.2 Å². The molecule has 0 bridgehead atoms. The van der Waals surface area contributed by atoms with Crippen LogP contribution in [0, 0.1) is 0 Å². The van der Waals surface area contributed by atoms with Gasteiger partial charge in [-0.3, -0.25) is 4.57 Å². The smallest absolute Gasteiger partial charge is 0.247 e. The fraction of sp³-hybridized carbons (Fsp3) is 0.200. The average Bonchev–Trinajstić information content (AvgIpc) is 3.31. The number of hydrogen-bond acceptors (Lipinski definition) is 6. The van der Waals surface area contributed by atoms with Crippen LogP contribution >= 0.6 is 23.4 Å². The Morgan fingerprint density at radius 3 is 2.50 bits per heavy atom. The van der Waals surface area contributed by atoms with Crippen molar-refractivity contribution in [2.24, 2.45) is 0 Å². The third kappa shape index (κ3) is 3.55. The highest BCUT2D eigenvalue weighted by atomic mass is 35.5.